The van der Waals surface area contributed by atoms with Crippen LogP contribution >= 0.6 is 0 Å². The molecule has 2 heterocycles. The maximum atomic E-state index is 6.42. The summed E-state index contributed by atoms with van der Waals surface area (Å²) < 4.78 is 12.7. The number of anilines is 5. The van der Waals surface area contributed by atoms with Gasteiger partial charge in [0.2, 0.25) is 0 Å². The summed E-state index contributed by atoms with van der Waals surface area (Å²) in [7, 11) is 0. The van der Waals surface area contributed by atoms with Crippen molar-refractivity contribution in [3.05, 3.63) is 199 Å². The summed E-state index contributed by atoms with van der Waals surface area (Å²) in [6, 6.07) is 62.5. The molecule has 1 atom stereocenters. The van der Waals surface area contributed by atoms with Crippen LogP contribution in [0.2, 0.25) is 0 Å². The third-order valence-corrected chi connectivity index (χ3v) is 10.9. The highest BCUT2D eigenvalue weighted by atomic mass is 16.5. The van der Waals surface area contributed by atoms with E-state index in [1.807, 2.05) is 12.1 Å². The summed E-state index contributed by atoms with van der Waals surface area (Å²) >= 11 is 0. The zero-order valence-electron chi connectivity index (χ0n) is 29.4. The standard InChI is InChI=1S/C50H34N2O2/c1-3-15-33(16-4-1)51(35-27-29-47-43(31-35)37-19-11-13-25-45(37)53-47)49-39-21-7-9-23-41(39)50(42-24-10-8-22-40(42)49)52(34-17-5-2-6-18-34)36-28-30-48-44(32-36)38-20-12-14-26-46(38)54-48/h1-29,31-32,48H,30H2. The molecule has 0 amide bonds. The average Bonchev–Trinajstić information content (AvgIpc) is 3.80. The Hall–Kier alpha value is -7.04. The Labute approximate surface area is 313 Å². The molecule has 0 saturated heterocycles. The van der Waals surface area contributed by atoms with Crippen LogP contribution in [0.3, 0.4) is 0 Å². The zero-order chi connectivity index (χ0) is 35.6. The number of fused-ring (bicyclic) bond motifs is 8. The van der Waals surface area contributed by atoms with E-state index >= 15 is 0 Å². The summed E-state index contributed by atoms with van der Waals surface area (Å²) in [6.45, 7) is 0. The van der Waals surface area contributed by atoms with Gasteiger partial charge in [-0.15, -0.1) is 0 Å². The van der Waals surface area contributed by atoms with E-state index in [9.17, 15) is 0 Å². The lowest BCUT2D eigenvalue weighted by molar-refractivity contribution is 0.278. The quantitative estimate of drug-likeness (QED) is 0.128. The molecule has 54 heavy (non-hydrogen) atoms. The van der Waals surface area contributed by atoms with Crippen molar-refractivity contribution in [2.24, 2.45) is 0 Å². The predicted molar refractivity (Wildman–Crippen MR) is 224 cm³/mol. The minimum atomic E-state index is 0.0174. The van der Waals surface area contributed by atoms with Crippen LogP contribution in [0.25, 0.3) is 49.1 Å². The molecule has 2 aliphatic rings. The van der Waals surface area contributed by atoms with Gasteiger partial charge in [0.05, 0.1) is 11.4 Å². The van der Waals surface area contributed by atoms with Crippen LogP contribution in [0.1, 0.15) is 12.0 Å². The van der Waals surface area contributed by atoms with Gasteiger partial charge < -0.3 is 19.0 Å². The van der Waals surface area contributed by atoms with Crippen molar-refractivity contribution in [2.75, 3.05) is 9.80 Å². The summed E-state index contributed by atoms with van der Waals surface area (Å²) in [5, 5.41) is 6.84. The lowest BCUT2D eigenvalue weighted by Gasteiger charge is -2.34. The normalized spacial score (nSPS) is 14.8. The van der Waals surface area contributed by atoms with Gasteiger partial charge >= 0.3 is 0 Å². The Morgan fingerprint density at radius 1 is 0.444 bits per heavy atom. The molecule has 0 saturated carbocycles. The highest BCUT2D eigenvalue weighted by molar-refractivity contribution is 6.23. The molecule has 1 aromatic heterocycles. The summed E-state index contributed by atoms with van der Waals surface area (Å²) in [5.74, 6) is 0.956. The topological polar surface area (TPSA) is 28.9 Å². The Bertz CT molecular complexity index is 2900. The van der Waals surface area contributed by atoms with Gasteiger partial charge in [0.15, 0.2) is 0 Å². The molecule has 4 heteroatoms. The molecule has 0 spiro atoms. The molecule has 8 aromatic carbocycles. The first-order valence-electron chi connectivity index (χ1n) is 18.5. The second kappa shape index (κ2) is 12.3. The number of ether oxygens (including phenoxy) is 1. The van der Waals surface area contributed by atoms with Crippen LogP contribution in [-0.2, 0) is 0 Å². The van der Waals surface area contributed by atoms with Gasteiger partial charge in [-0.25, -0.2) is 0 Å². The summed E-state index contributed by atoms with van der Waals surface area (Å²) in [6.07, 6.45) is 5.49. The third-order valence-electron chi connectivity index (χ3n) is 10.9. The van der Waals surface area contributed by atoms with Crippen LogP contribution in [0.15, 0.2) is 198 Å². The first kappa shape index (κ1) is 30.6. The van der Waals surface area contributed by atoms with E-state index < -0.39 is 0 Å². The number of allylic oxidation sites excluding steroid dienone is 1. The van der Waals surface area contributed by atoms with E-state index in [4.69, 9.17) is 9.15 Å². The molecule has 256 valence electrons. The zero-order valence-corrected chi connectivity index (χ0v) is 29.4. The van der Waals surface area contributed by atoms with Crippen LogP contribution < -0.4 is 14.5 Å². The Morgan fingerprint density at radius 3 is 1.67 bits per heavy atom. The number of furan rings is 1. The lowest BCUT2D eigenvalue weighted by atomic mass is 9.92. The third kappa shape index (κ3) is 4.77. The predicted octanol–water partition coefficient (Wildman–Crippen LogP) is 13.6. The van der Waals surface area contributed by atoms with Crippen molar-refractivity contribution in [2.45, 2.75) is 12.5 Å². The second-order valence-corrected chi connectivity index (χ2v) is 14.0. The Kier molecular flexibility index (Phi) is 6.96. The second-order valence-electron chi connectivity index (χ2n) is 14.0. The smallest absolute Gasteiger partial charge is 0.135 e. The molecule has 11 rings (SSSR count). The first-order chi connectivity index (χ1) is 26.8. The molecular weight excluding hydrogens is 661 g/mol. The summed E-state index contributed by atoms with van der Waals surface area (Å²) in [5.41, 5.74) is 10.8. The number of rotatable bonds is 6. The number of hydrogen-bond donors (Lipinski definition) is 0. The minimum absolute atomic E-state index is 0.0174. The van der Waals surface area contributed by atoms with E-state index in [-0.39, 0.29) is 6.10 Å². The van der Waals surface area contributed by atoms with Gasteiger partial charge in [-0.1, -0.05) is 127 Å². The number of benzene rings is 8. The van der Waals surface area contributed by atoms with E-state index in [0.29, 0.717) is 0 Å². The van der Waals surface area contributed by atoms with Gasteiger partial charge in [0.1, 0.15) is 23.0 Å². The van der Waals surface area contributed by atoms with Gasteiger partial charge in [0, 0.05) is 72.6 Å². The summed E-state index contributed by atoms with van der Waals surface area (Å²) in [4.78, 5) is 4.87. The number of para-hydroxylation sites is 4. The fourth-order valence-electron chi connectivity index (χ4n) is 8.53. The molecule has 1 unspecified atom stereocenters. The molecular formula is C50H34N2O2. The van der Waals surface area contributed by atoms with Crippen molar-refractivity contribution in [3.63, 3.8) is 0 Å². The average molecular weight is 695 g/mol. The molecule has 1 aliphatic heterocycles. The minimum Gasteiger partial charge on any atom is -0.485 e. The Morgan fingerprint density at radius 2 is 0.981 bits per heavy atom. The lowest BCUT2D eigenvalue weighted by Crippen LogP contribution is -2.22. The van der Waals surface area contributed by atoms with E-state index in [2.05, 4.69) is 186 Å². The van der Waals surface area contributed by atoms with Crippen molar-refractivity contribution < 1.29 is 9.15 Å². The fourth-order valence-corrected chi connectivity index (χ4v) is 8.53. The molecule has 0 N–H and O–H groups in total. The van der Waals surface area contributed by atoms with E-state index in [1.54, 1.807) is 0 Å². The van der Waals surface area contributed by atoms with Crippen molar-refractivity contribution in [3.8, 4) is 5.75 Å². The van der Waals surface area contributed by atoms with Crippen molar-refractivity contribution in [1.82, 2.24) is 0 Å². The molecule has 0 fully saturated rings. The van der Waals surface area contributed by atoms with Gasteiger partial charge in [0.25, 0.3) is 0 Å². The fraction of sp³-hybridized carbons (Fsp3) is 0.0400. The van der Waals surface area contributed by atoms with Crippen molar-refractivity contribution in [1.29, 1.82) is 0 Å². The Balaban J connectivity index is 1.19. The van der Waals surface area contributed by atoms with Crippen LogP contribution in [0, 0.1) is 0 Å². The number of hydrogen-bond acceptors (Lipinski definition) is 4. The van der Waals surface area contributed by atoms with Crippen molar-refractivity contribution >= 4 is 77.5 Å². The molecule has 1 aliphatic carbocycles. The largest absolute Gasteiger partial charge is 0.485 e. The maximum Gasteiger partial charge on any atom is 0.135 e. The van der Waals surface area contributed by atoms with Crippen LogP contribution in [-0.4, -0.2) is 6.10 Å². The van der Waals surface area contributed by atoms with Crippen LogP contribution in [0.5, 0.6) is 5.75 Å². The van der Waals surface area contributed by atoms with Crippen LogP contribution in [0.4, 0.5) is 28.4 Å². The van der Waals surface area contributed by atoms with Gasteiger partial charge in [-0.2, -0.15) is 0 Å². The van der Waals surface area contributed by atoms with Gasteiger partial charge in [-0.3, -0.25) is 0 Å². The highest BCUT2D eigenvalue weighted by Crippen LogP contribution is 2.52. The molecule has 4 nitrogen and oxygen atoms in total. The number of nitrogens with zero attached hydrogens (tertiary/aromatic N) is 2. The molecule has 0 radical (unpaired) electrons. The SMILES string of the molecule is C1=C2c3ccccc3OC2CC=C1N(c1ccccc1)c1c2ccccc2c(N(c2ccccc2)c2ccc3oc4ccccc4c3c2)c2ccccc12. The van der Waals surface area contributed by atoms with E-state index in [0.717, 1.165) is 89.8 Å². The van der Waals surface area contributed by atoms with E-state index in [1.165, 1.54) is 11.1 Å². The maximum absolute atomic E-state index is 6.42. The molecule has 0 bridgehead atoms. The van der Waals surface area contributed by atoms with Gasteiger partial charge in [-0.05, 0) is 60.7 Å². The first-order valence-corrected chi connectivity index (χ1v) is 18.5. The molecule has 9 aromatic rings. The highest BCUT2D eigenvalue weighted by Gasteiger charge is 2.33. The monoisotopic (exact) mass is 694 g/mol.